The number of ether oxygens (including phenoxy) is 1. The molecule has 0 aliphatic heterocycles. The van der Waals surface area contributed by atoms with Crippen molar-refractivity contribution >= 4 is 39.5 Å². The first-order chi connectivity index (χ1) is 13.8. The van der Waals surface area contributed by atoms with E-state index in [0.29, 0.717) is 6.42 Å². The van der Waals surface area contributed by atoms with Crippen LogP contribution in [0.3, 0.4) is 0 Å². The van der Waals surface area contributed by atoms with Crippen LogP contribution >= 0.6 is 11.3 Å². The van der Waals surface area contributed by atoms with Crippen LogP contribution in [0.2, 0.25) is 0 Å². The third-order valence-corrected chi connectivity index (χ3v) is 6.18. The van der Waals surface area contributed by atoms with Crippen molar-refractivity contribution in [3.8, 4) is 0 Å². The largest absolute Gasteiger partial charge is 0.452 e. The van der Waals surface area contributed by atoms with Crippen molar-refractivity contribution in [1.29, 1.82) is 0 Å². The van der Waals surface area contributed by atoms with Crippen LogP contribution in [0.1, 0.15) is 57.4 Å². The summed E-state index contributed by atoms with van der Waals surface area (Å²) in [6, 6.07) is 7.23. The Morgan fingerprint density at radius 2 is 1.86 bits per heavy atom. The fourth-order valence-electron chi connectivity index (χ4n) is 3.58. The van der Waals surface area contributed by atoms with Crippen molar-refractivity contribution in [2.24, 2.45) is 5.92 Å². The van der Waals surface area contributed by atoms with Crippen molar-refractivity contribution in [2.75, 3.05) is 0 Å². The molecule has 2 N–H and O–H groups in total. The molecule has 1 fully saturated rings. The minimum atomic E-state index is -1.04. The summed E-state index contributed by atoms with van der Waals surface area (Å²) >= 11 is 1.61. The second-order valence-corrected chi connectivity index (χ2v) is 8.78. The van der Waals surface area contributed by atoms with E-state index >= 15 is 0 Å². The first-order valence-corrected chi connectivity index (χ1v) is 10.8. The van der Waals surface area contributed by atoms with E-state index in [4.69, 9.17) is 9.72 Å². The lowest BCUT2D eigenvalue weighted by molar-refractivity contribution is -0.160. The number of fused-ring (bicyclic) bond motifs is 1. The summed E-state index contributed by atoms with van der Waals surface area (Å²) in [5.41, 5.74) is 0.939. The molecule has 3 amide bonds. The molecule has 1 saturated carbocycles. The number of carbonyl (C=O) groups excluding carboxylic acids is 3. The van der Waals surface area contributed by atoms with Crippen LogP contribution in [0.25, 0.3) is 10.2 Å². The average molecular weight is 418 g/mol. The van der Waals surface area contributed by atoms with Crippen LogP contribution in [0, 0.1) is 5.92 Å². The number of thiazole rings is 1. The van der Waals surface area contributed by atoms with Crippen LogP contribution in [0.4, 0.5) is 4.79 Å². The van der Waals surface area contributed by atoms with Gasteiger partial charge in [0.1, 0.15) is 0 Å². The number of nitrogens with zero attached hydrogens (tertiary/aromatic N) is 1. The fraction of sp³-hybridized carbons (Fsp3) is 0.524. The lowest BCUT2D eigenvalue weighted by atomic mass is 9.79. The van der Waals surface area contributed by atoms with E-state index in [0.717, 1.165) is 34.5 Å². The van der Waals surface area contributed by atoms with Gasteiger partial charge in [-0.2, -0.15) is 0 Å². The number of para-hydroxylation sites is 1. The molecule has 7 nitrogen and oxygen atoms in total. The zero-order valence-electron chi connectivity index (χ0n) is 16.9. The van der Waals surface area contributed by atoms with E-state index < -0.39 is 24.0 Å². The number of aromatic nitrogens is 1. The number of urea groups is 1. The van der Waals surface area contributed by atoms with Gasteiger partial charge in [-0.25, -0.2) is 9.78 Å². The first kappa shape index (κ1) is 21.2. The van der Waals surface area contributed by atoms with Crippen LogP contribution in [0.15, 0.2) is 24.3 Å². The van der Waals surface area contributed by atoms with E-state index in [1.807, 2.05) is 24.3 Å². The van der Waals surface area contributed by atoms with Gasteiger partial charge in [-0.15, -0.1) is 11.3 Å². The van der Waals surface area contributed by atoms with E-state index in [1.165, 1.54) is 6.92 Å². The Morgan fingerprint density at radius 1 is 1.14 bits per heavy atom. The van der Waals surface area contributed by atoms with Gasteiger partial charge in [0.25, 0.3) is 5.91 Å². The van der Waals surface area contributed by atoms with Crippen molar-refractivity contribution in [1.82, 2.24) is 15.6 Å². The predicted molar refractivity (Wildman–Crippen MR) is 112 cm³/mol. The van der Waals surface area contributed by atoms with Gasteiger partial charge < -0.3 is 10.1 Å². The summed E-state index contributed by atoms with van der Waals surface area (Å²) < 4.78 is 6.53. The number of amides is 3. The molecule has 0 bridgehead atoms. The molecule has 156 valence electrons. The SMILES string of the molecule is CC(C)NC(=O)NC(=O)[C@H](C)OC(=O)[C@@H]1CCCC[C@@H]1c1nc2ccccc2s1. The Balaban J connectivity index is 1.66. The smallest absolute Gasteiger partial charge is 0.321 e. The maximum absolute atomic E-state index is 12.8. The van der Waals surface area contributed by atoms with Crippen molar-refractivity contribution in [3.05, 3.63) is 29.3 Å². The molecule has 2 aromatic rings. The highest BCUT2D eigenvalue weighted by Crippen LogP contribution is 2.41. The van der Waals surface area contributed by atoms with Gasteiger partial charge in [-0.3, -0.25) is 14.9 Å². The second kappa shape index (κ2) is 9.35. The minimum Gasteiger partial charge on any atom is -0.452 e. The number of hydrogen-bond donors (Lipinski definition) is 2. The summed E-state index contributed by atoms with van der Waals surface area (Å²) in [5.74, 6) is -1.37. The molecule has 0 spiro atoms. The quantitative estimate of drug-likeness (QED) is 0.723. The molecule has 1 aromatic heterocycles. The number of benzene rings is 1. The summed E-state index contributed by atoms with van der Waals surface area (Å²) in [4.78, 5) is 41.4. The predicted octanol–water partition coefficient (Wildman–Crippen LogP) is 3.74. The molecule has 3 rings (SSSR count). The molecule has 1 aliphatic carbocycles. The van der Waals surface area contributed by atoms with E-state index in [1.54, 1.807) is 25.2 Å². The number of carbonyl (C=O) groups is 3. The van der Waals surface area contributed by atoms with Crippen LogP contribution in [-0.2, 0) is 14.3 Å². The van der Waals surface area contributed by atoms with Gasteiger partial charge in [0.2, 0.25) is 0 Å². The van der Waals surface area contributed by atoms with E-state index in [-0.39, 0.29) is 17.9 Å². The molecule has 0 saturated heterocycles. The fourth-order valence-corrected chi connectivity index (χ4v) is 4.75. The lowest BCUT2D eigenvalue weighted by Crippen LogP contribution is -2.47. The number of hydrogen-bond acceptors (Lipinski definition) is 6. The summed E-state index contributed by atoms with van der Waals surface area (Å²) in [5, 5.41) is 5.72. The van der Waals surface area contributed by atoms with E-state index in [2.05, 4.69) is 10.6 Å². The molecule has 29 heavy (non-hydrogen) atoms. The third-order valence-electron chi connectivity index (χ3n) is 5.01. The van der Waals surface area contributed by atoms with Crippen LogP contribution in [-0.4, -0.2) is 35.0 Å². The summed E-state index contributed by atoms with van der Waals surface area (Å²) in [6.45, 7) is 5.06. The molecular formula is C21H27N3O4S. The van der Waals surface area contributed by atoms with Gasteiger partial charge in [0.05, 0.1) is 21.1 Å². The zero-order valence-corrected chi connectivity index (χ0v) is 17.8. The minimum absolute atomic E-state index is 0.00634. The average Bonchev–Trinajstić information content (AvgIpc) is 3.11. The third kappa shape index (κ3) is 5.32. The molecule has 0 radical (unpaired) electrons. The van der Waals surface area contributed by atoms with Crippen molar-refractivity contribution in [2.45, 2.75) is 64.5 Å². The molecule has 1 aromatic carbocycles. The lowest BCUT2D eigenvalue weighted by Gasteiger charge is -2.29. The van der Waals surface area contributed by atoms with E-state index in [9.17, 15) is 14.4 Å². The van der Waals surface area contributed by atoms with Gasteiger partial charge in [0.15, 0.2) is 6.10 Å². The number of imide groups is 1. The molecule has 1 heterocycles. The van der Waals surface area contributed by atoms with Crippen LogP contribution < -0.4 is 10.6 Å². The highest BCUT2D eigenvalue weighted by molar-refractivity contribution is 7.18. The normalized spacial score (nSPS) is 20.3. The molecule has 1 aliphatic rings. The maximum atomic E-state index is 12.8. The molecule has 3 atom stereocenters. The zero-order chi connectivity index (χ0) is 21.0. The Hall–Kier alpha value is -2.48. The first-order valence-electron chi connectivity index (χ1n) is 10.0. The monoisotopic (exact) mass is 417 g/mol. The van der Waals surface area contributed by atoms with Crippen LogP contribution in [0.5, 0.6) is 0 Å². The molecular weight excluding hydrogens is 390 g/mol. The van der Waals surface area contributed by atoms with Gasteiger partial charge >= 0.3 is 12.0 Å². The Kier molecular flexibility index (Phi) is 6.84. The Morgan fingerprint density at radius 3 is 2.59 bits per heavy atom. The number of esters is 1. The highest BCUT2D eigenvalue weighted by atomic mass is 32.1. The van der Waals surface area contributed by atoms with Gasteiger partial charge in [-0.05, 0) is 45.7 Å². The van der Waals surface area contributed by atoms with Gasteiger partial charge in [0, 0.05) is 12.0 Å². The number of nitrogens with one attached hydrogen (secondary N) is 2. The summed E-state index contributed by atoms with van der Waals surface area (Å²) in [7, 11) is 0. The van der Waals surface area contributed by atoms with Crippen molar-refractivity contribution in [3.63, 3.8) is 0 Å². The second-order valence-electron chi connectivity index (χ2n) is 7.71. The Labute approximate surface area is 174 Å². The Bertz CT molecular complexity index is 862. The topological polar surface area (TPSA) is 97.4 Å². The van der Waals surface area contributed by atoms with Crippen molar-refractivity contribution < 1.29 is 19.1 Å². The standard InChI is InChI=1S/C21H27N3O4S/c1-12(2)22-21(27)24-18(25)13(3)28-20(26)15-9-5-4-8-14(15)19-23-16-10-6-7-11-17(16)29-19/h6-7,10-15H,4-5,8-9H2,1-3H3,(H2,22,24,25,27)/t13-,14-,15+/m0/s1. The highest BCUT2D eigenvalue weighted by Gasteiger charge is 2.36. The molecule has 8 heteroatoms. The summed E-state index contributed by atoms with van der Waals surface area (Å²) in [6.07, 6.45) is 2.52. The van der Waals surface area contributed by atoms with Gasteiger partial charge in [-0.1, -0.05) is 25.0 Å². The molecule has 0 unspecified atom stereocenters. The maximum Gasteiger partial charge on any atom is 0.321 e. The number of rotatable bonds is 5.